The fraction of sp³-hybridized carbons (Fsp3) is 0.942. The van der Waals surface area contributed by atoms with E-state index in [1.165, 1.54) is 199 Å². The molecule has 0 bridgehead atoms. The van der Waals surface area contributed by atoms with Crippen LogP contribution in [0.4, 0.5) is 0 Å². The number of carbonyl (C=O) groups is 5. The fourth-order valence-electron chi connectivity index (χ4n) is 9.45. The smallest absolute Gasteiger partial charge is 0.220 e. The summed E-state index contributed by atoms with van der Waals surface area (Å²) in [6.07, 6.45) is 51.7. The molecule has 5 amide bonds. The van der Waals surface area contributed by atoms with Crippen LogP contribution in [0.25, 0.3) is 0 Å². The predicted octanol–water partition coefficient (Wildman–Crippen LogP) is 25.5. The van der Waals surface area contributed by atoms with Gasteiger partial charge < -0.3 is 32.3 Å². The maximum absolute atomic E-state index is 11.3. The van der Waals surface area contributed by atoms with Gasteiger partial charge in [0.15, 0.2) is 0 Å². The third-order valence-electron chi connectivity index (χ3n) is 15.2. The van der Waals surface area contributed by atoms with E-state index in [0.717, 1.165) is 95.5 Å². The molecule has 0 aliphatic carbocycles. The monoisotopic (exact) mass is 1390 g/mol. The zero-order valence-corrected chi connectivity index (χ0v) is 69.2. The summed E-state index contributed by atoms with van der Waals surface area (Å²) in [6.45, 7) is 55.0. The van der Waals surface area contributed by atoms with Gasteiger partial charge in [-0.3, -0.25) is 24.0 Å². The van der Waals surface area contributed by atoms with Crippen molar-refractivity contribution in [1.29, 1.82) is 0 Å². The maximum atomic E-state index is 11.3. The van der Waals surface area contributed by atoms with Gasteiger partial charge in [-0.05, 0) is 92.4 Å². The van der Waals surface area contributed by atoms with Crippen LogP contribution in [0.1, 0.15) is 444 Å². The summed E-state index contributed by atoms with van der Waals surface area (Å²) in [4.78, 5) is 55.8. The van der Waals surface area contributed by atoms with Gasteiger partial charge in [-0.15, -0.1) is 0 Å². The normalized spacial score (nSPS) is 10.4. The van der Waals surface area contributed by atoms with Gasteiger partial charge in [0, 0.05) is 64.8 Å². The van der Waals surface area contributed by atoms with E-state index in [-0.39, 0.29) is 44.4 Å². The van der Waals surface area contributed by atoms with E-state index in [4.69, 9.17) is 5.73 Å². The van der Waals surface area contributed by atoms with Crippen LogP contribution in [-0.4, -0.2) is 68.8 Å². The van der Waals surface area contributed by atoms with Crippen LogP contribution in [-0.2, 0) is 24.0 Å². The van der Waals surface area contributed by atoms with E-state index in [9.17, 15) is 24.0 Å². The first-order chi connectivity index (χ1) is 45.1. The second-order valence-electron chi connectivity index (χ2n) is 30.6. The van der Waals surface area contributed by atoms with Gasteiger partial charge >= 0.3 is 0 Å². The fourth-order valence-corrected chi connectivity index (χ4v) is 9.45. The number of carbonyl (C=O) groups excluding carboxylic acids is 5. The van der Waals surface area contributed by atoms with Crippen LogP contribution in [0.3, 0.4) is 0 Å². The van der Waals surface area contributed by atoms with Gasteiger partial charge in [-0.1, -0.05) is 373 Å². The molecule has 592 valence electrons. The molecule has 0 radical (unpaired) electrons. The minimum Gasteiger partial charge on any atom is -0.356 e. The Kier molecular flexibility index (Phi) is 119. The number of hydrogen-bond donors (Lipinski definition) is 6. The Labute approximate surface area is 613 Å². The number of nitrogens with one attached hydrogen (secondary N) is 5. The second kappa shape index (κ2) is 99.7. The molecule has 0 atom stereocenters. The SMILES string of the molecule is C.C.CC(C)CCCCCCN.CCCCCCC(C)C.CCCCCCCCC(C)C.CCCCCCCCNC(=O)CC(C)C.CCCCCCCNC(=O)CC(C)C.CCCCCCNC(=O)CC(C)C.CCCCCNC(=O)CC(C)C.CCCCNC(=O)CC(C)C. The van der Waals surface area contributed by atoms with Gasteiger partial charge in [-0.25, -0.2) is 0 Å². The Morgan fingerprint density at radius 2 is 0.371 bits per heavy atom. The third kappa shape index (κ3) is 145. The highest BCUT2D eigenvalue weighted by molar-refractivity contribution is 5.77. The summed E-state index contributed by atoms with van der Waals surface area (Å²) in [5, 5.41) is 14.6. The predicted molar refractivity (Wildman–Crippen MR) is 440 cm³/mol. The maximum Gasteiger partial charge on any atom is 0.220 e. The largest absolute Gasteiger partial charge is 0.356 e. The lowest BCUT2D eigenvalue weighted by Crippen LogP contribution is -2.25. The van der Waals surface area contributed by atoms with E-state index in [1.807, 2.05) is 0 Å². The molecular formula is C86H188N6O5. The van der Waals surface area contributed by atoms with Crippen LogP contribution in [0, 0.1) is 47.3 Å². The molecular weight excluding hydrogens is 1200 g/mol. The molecule has 0 aliphatic heterocycles. The molecule has 0 fully saturated rings. The number of nitrogens with two attached hydrogens (primary N) is 1. The molecule has 11 heteroatoms. The van der Waals surface area contributed by atoms with Gasteiger partial charge in [0.2, 0.25) is 29.5 Å². The molecule has 0 rings (SSSR count). The Morgan fingerprint density at radius 3 is 0.577 bits per heavy atom. The highest BCUT2D eigenvalue weighted by atomic mass is 16.2. The van der Waals surface area contributed by atoms with Crippen molar-refractivity contribution in [3.05, 3.63) is 0 Å². The lowest BCUT2D eigenvalue weighted by Gasteiger charge is -2.06. The average Bonchev–Trinajstić information content (AvgIpc) is 3.54. The van der Waals surface area contributed by atoms with Crippen LogP contribution in [0.2, 0.25) is 0 Å². The van der Waals surface area contributed by atoms with E-state index in [1.54, 1.807) is 0 Å². The minimum absolute atomic E-state index is 0. The third-order valence-corrected chi connectivity index (χ3v) is 15.2. The molecule has 0 saturated heterocycles. The standard InChI is InChI=1S/C13H27NO.C12H25NO.C11H23NO.C11H24.C10H21NO.C9H19NO.C9H21N.C9H20.2CH4/c1-4-5-6-7-8-9-10-14-13(15)11-12(2)3;1-4-5-6-7-8-9-13-12(14)10-11(2)3;1-4-5-6-7-8-12-11(13)9-10(2)3;1-4-5-6-7-8-9-10-11(2)3;1-4-5-6-7-11-10(12)8-9(2)3;1-4-5-6-10-9(11)7-8(2)3;1-9(2)7-5-3-4-6-8-10;1-4-5-6-7-8-9(2)3;;/h12H,4-11H2,1-3H3,(H,14,15);11H,4-10H2,1-3H3,(H,13,14);10H,4-9H2,1-3H3,(H,12,13);11H,4-10H2,1-3H3;9H,4-8H2,1-3H3,(H,11,12);8H,4-7H2,1-3H3,(H,10,11);9H,3-8,10H2,1-2H3;9H,4-8H2,1-3H3;2*1H4. The Balaban J connectivity index is -0.000000112. The molecule has 0 spiro atoms. The van der Waals surface area contributed by atoms with Crippen molar-refractivity contribution in [2.24, 2.45) is 53.1 Å². The minimum atomic E-state index is 0. The first-order valence-corrected chi connectivity index (χ1v) is 41.2. The van der Waals surface area contributed by atoms with Gasteiger partial charge in [0.1, 0.15) is 0 Å². The molecule has 0 aromatic rings. The van der Waals surface area contributed by atoms with Crippen molar-refractivity contribution >= 4 is 29.5 Å². The number of rotatable bonds is 53. The van der Waals surface area contributed by atoms with Crippen LogP contribution in [0.5, 0.6) is 0 Å². The number of unbranched alkanes of at least 4 members (excludes halogenated alkanes) is 26. The zero-order valence-electron chi connectivity index (χ0n) is 69.2. The summed E-state index contributed by atoms with van der Waals surface area (Å²) in [5.41, 5.74) is 5.37. The highest BCUT2D eigenvalue weighted by Gasteiger charge is 2.07. The van der Waals surface area contributed by atoms with Crippen molar-refractivity contribution in [2.45, 2.75) is 444 Å². The zero-order chi connectivity index (χ0) is 74.0. The molecule has 0 heterocycles. The molecule has 97 heavy (non-hydrogen) atoms. The van der Waals surface area contributed by atoms with E-state index in [2.05, 4.69) is 186 Å². The first-order valence-electron chi connectivity index (χ1n) is 41.2. The Morgan fingerprint density at radius 1 is 0.216 bits per heavy atom. The first kappa shape index (κ1) is 116. The second-order valence-corrected chi connectivity index (χ2v) is 30.6. The van der Waals surface area contributed by atoms with Crippen molar-refractivity contribution in [1.82, 2.24) is 26.6 Å². The van der Waals surface area contributed by atoms with Gasteiger partial charge in [-0.2, -0.15) is 0 Å². The van der Waals surface area contributed by atoms with Gasteiger partial charge in [0.05, 0.1) is 0 Å². The number of hydrogen-bond acceptors (Lipinski definition) is 6. The lowest BCUT2D eigenvalue weighted by molar-refractivity contribution is -0.122. The van der Waals surface area contributed by atoms with Crippen molar-refractivity contribution in [3.8, 4) is 0 Å². The molecule has 0 saturated carbocycles. The Bertz CT molecular complexity index is 1470. The van der Waals surface area contributed by atoms with Crippen LogP contribution < -0.4 is 32.3 Å². The average molecular weight is 1390 g/mol. The summed E-state index contributed by atoms with van der Waals surface area (Å²) < 4.78 is 0. The van der Waals surface area contributed by atoms with Crippen LogP contribution >= 0.6 is 0 Å². The van der Waals surface area contributed by atoms with Gasteiger partial charge in [0.25, 0.3) is 0 Å². The topological polar surface area (TPSA) is 172 Å². The molecule has 7 N–H and O–H groups in total. The molecule has 0 aromatic carbocycles. The summed E-state index contributed by atoms with van der Waals surface area (Å²) >= 11 is 0. The summed E-state index contributed by atoms with van der Waals surface area (Å²) in [7, 11) is 0. The van der Waals surface area contributed by atoms with Crippen molar-refractivity contribution in [2.75, 3.05) is 39.3 Å². The van der Waals surface area contributed by atoms with E-state index >= 15 is 0 Å². The Hall–Kier alpha value is -2.69. The molecule has 0 unspecified atom stereocenters. The van der Waals surface area contributed by atoms with Crippen molar-refractivity contribution < 1.29 is 24.0 Å². The molecule has 11 nitrogen and oxygen atoms in total. The molecule has 0 aliphatic rings. The van der Waals surface area contributed by atoms with Crippen molar-refractivity contribution in [3.63, 3.8) is 0 Å². The summed E-state index contributed by atoms with van der Waals surface area (Å²) in [6, 6.07) is 0. The summed E-state index contributed by atoms with van der Waals surface area (Å²) in [5.74, 6) is 6.02. The number of amides is 5. The lowest BCUT2D eigenvalue weighted by atomic mass is 10.0. The van der Waals surface area contributed by atoms with E-state index in [0.29, 0.717) is 61.7 Å². The molecule has 0 aromatic heterocycles. The van der Waals surface area contributed by atoms with E-state index < -0.39 is 0 Å². The van der Waals surface area contributed by atoms with Crippen LogP contribution in [0.15, 0.2) is 0 Å². The quantitative estimate of drug-likeness (QED) is 0.0331. The highest BCUT2D eigenvalue weighted by Crippen LogP contribution is 2.13.